The van der Waals surface area contributed by atoms with E-state index < -0.39 is 125 Å². The fourth-order valence-electron chi connectivity index (χ4n) is 7.20. The van der Waals surface area contributed by atoms with Crippen molar-refractivity contribution in [1.82, 2.24) is 9.97 Å². The second-order valence-corrected chi connectivity index (χ2v) is 14.8. The largest absolute Gasteiger partial charge is 0.311 e. The highest BCUT2D eigenvalue weighted by Gasteiger charge is 2.17. The summed E-state index contributed by atoms with van der Waals surface area (Å²) in [4.78, 5) is 11.0. The molecule has 2 heterocycles. The van der Waals surface area contributed by atoms with E-state index >= 15 is 0 Å². The van der Waals surface area contributed by atoms with E-state index in [4.69, 9.17) is 26.4 Å². The molecule has 0 unspecified atom stereocenters. The maximum atomic E-state index is 9.51. The number of fused-ring (bicyclic) bond motifs is 4. The molecule has 0 saturated heterocycles. The molecule has 4 heteroatoms. The molecule has 0 radical (unpaired) electrons. The first-order valence-corrected chi connectivity index (χ1v) is 19.7. The Kier molecular flexibility index (Phi) is 5.57. The molecule has 0 aliphatic heterocycles. The topological polar surface area (TPSA) is 29.0 Å². The van der Waals surface area contributed by atoms with Crippen LogP contribution >= 0.6 is 11.3 Å². The third-order valence-electron chi connectivity index (χ3n) is 10.1. The standard InChI is InChI=1S/C56H37N3S/c1-4-13-38(14-5-1)40-23-29-47(30-24-40)59(46-19-8-3-9-20-46)48-31-25-41(26-32-48)43-28-34-53-50(36-43)49-33-27-45(37-54(49)60-53)56-55(57-51-21-10-11-22-52(51)58-56)44-18-12-17-42(35-44)39-15-6-2-7-16-39/h1-37H/i1D,3D,4D,5D,8D,9D,13D,14D,19D,20D,23D,24D,25D,26D,29D,30D,31D. The van der Waals surface area contributed by atoms with E-state index in [-0.39, 0.29) is 11.6 Å². The van der Waals surface area contributed by atoms with Gasteiger partial charge in [0.25, 0.3) is 0 Å². The van der Waals surface area contributed by atoms with Crippen molar-refractivity contribution in [3.63, 3.8) is 0 Å². The van der Waals surface area contributed by atoms with Crippen LogP contribution in [-0.4, -0.2) is 9.97 Å². The fraction of sp³-hybridized carbons (Fsp3) is 0. The highest BCUT2D eigenvalue weighted by Crippen LogP contribution is 2.42. The van der Waals surface area contributed by atoms with Crippen LogP contribution in [0.15, 0.2) is 224 Å². The Labute approximate surface area is 377 Å². The molecular formula is C56H37N3S. The molecule has 0 saturated carbocycles. The monoisotopic (exact) mass is 800 g/mol. The predicted molar refractivity (Wildman–Crippen MR) is 254 cm³/mol. The quantitative estimate of drug-likeness (QED) is 0.153. The van der Waals surface area contributed by atoms with Gasteiger partial charge in [-0.2, -0.15) is 0 Å². The van der Waals surface area contributed by atoms with Gasteiger partial charge in [-0.1, -0.05) is 151 Å². The number of nitrogens with zero attached hydrogens (tertiary/aromatic N) is 3. The number of hydrogen-bond acceptors (Lipinski definition) is 4. The van der Waals surface area contributed by atoms with Gasteiger partial charge in [0, 0.05) is 48.4 Å². The average molecular weight is 801 g/mol. The average Bonchev–Trinajstić information content (AvgIpc) is 3.82. The Morgan fingerprint density at radius 1 is 0.350 bits per heavy atom. The second-order valence-electron chi connectivity index (χ2n) is 13.7. The van der Waals surface area contributed by atoms with E-state index in [1.54, 1.807) is 6.07 Å². The van der Waals surface area contributed by atoms with Gasteiger partial charge in [-0.25, -0.2) is 9.97 Å². The van der Waals surface area contributed by atoms with Gasteiger partial charge in [0.05, 0.1) is 45.7 Å². The zero-order valence-corrected chi connectivity index (χ0v) is 32.1. The third-order valence-corrected chi connectivity index (χ3v) is 11.2. The summed E-state index contributed by atoms with van der Waals surface area (Å²) in [5.74, 6) is 0. The maximum Gasteiger partial charge on any atom is 0.0973 e. The zero-order chi connectivity index (χ0) is 54.6. The first kappa shape index (κ1) is 21.9. The first-order valence-electron chi connectivity index (χ1n) is 27.3. The van der Waals surface area contributed by atoms with Crippen LogP contribution in [0.5, 0.6) is 0 Å². The number of benzene rings is 9. The van der Waals surface area contributed by atoms with Gasteiger partial charge in [0.15, 0.2) is 0 Å². The van der Waals surface area contributed by atoms with E-state index in [2.05, 4.69) is 30.3 Å². The molecule has 9 aromatic carbocycles. The molecule has 0 aliphatic carbocycles. The molecule has 0 amide bonds. The minimum absolute atomic E-state index is 0.0115. The Bertz CT molecular complexity index is 4250. The number of anilines is 3. The molecule has 11 aromatic rings. The van der Waals surface area contributed by atoms with E-state index in [0.717, 1.165) is 64.4 Å². The van der Waals surface area contributed by atoms with Gasteiger partial charge >= 0.3 is 0 Å². The lowest BCUT2D eigenvalue weighted by Gasteiger charge is -2.26. The van der Waals surface area contributed by atoms with Crippen LogP contribution in [-0.2, 0) is 0 Å². The molecular weight excluding hydrogens is 747 g/mol. The minimum atomic E-state index is -0.944. The van der Waals surface area contributed by atoms with Crippen LogP contribution in [0.4, 0.5) is 17.1 Å². The lowest BCUT2D eigenvalue weighted by Crippen LogP contribution is -2.09. The molecule has 0 bridgehead atoms. The van der Waals surface area contributed by atoms with E-state index in [1.807, 2.05) is 78.9 Å². The van der Waals surface area contributed by atoms with Crippen LogP contribution in [0.1, 0.15) is 23.3 Å². The normalized spacial score (nSPS) is 15.3. The van der Waals surface area contributed by atoms with Crippen LogP contribution in [0.25, 0.3) is 87.1 Å². The molecule has 3 nitrogen and oxygen atoms in total. The van der Waals surface area contributed by atoms with Gasteiger partial charge in [-0.05, 0) is 106 Å². The zero-order valence-electron chi connectivity index (χ0n) is 48.3. The molecule has 0 spiro atoms. The summed E-state index contributed by atoms with van der Waals surface area (Å²) in [5.41, 5.74) is 3.75. The van der Waals surface area contributed by atoms with Crippen LogP contribution in [0.3, 0.4) is 0 Å². The minimum Gasteiger partial charge on any atom is -0.311 e. The van der Waals surface area contributed by atoms with Crippen molar-refractivity contribution in [2.75, 3.05) is 4.90 Å². The van der Waals surface area contributed by atoms with Crippen molar-refractivity contribution in [3.8, 4) is 55.9 Å². The van der Waals surface area contributed by atoms with Crippen LogP contribution in [0.2, 0.25) is 0 Å². The van der Waals surface area contributed by atoms with Crippen molar-refractivity contribution in [2.45, 2.75) is 0 Å². The Balaban J connectivity index is 1.05. The van der Waals surface area contributed by atoms with Crippen molar-refractivity contribution in [3.05, 3.63) is 224 Å². The van der Waals surface area contributed by atoms with Gasteiger partial charge < -0.3 is 4.90 Å². The van der Waals surface area contributed by atoms with E-state index in [1.165, 1.54) is 11.3 Å². The van der Waals surface area contributed by atoms with Crippen molar-refractivity contribution >= 4 is 59.6 Å². The molecule has 0 N–H and O–H groups in total. The fourth-order valence-corrected chi connectivity index (χ4v) is 8.33. The number of aromatic nitrogens is 2. The Morgan fingerprint density at radius 2 is 0.917 bits per heavy atom. The van der Waals surface area contributed by atoms with Crippen LogP contribution < -0.4 is 4.90 Å². The van der Waals surface area contributed by atoms with Gasteiger partial charge in [-0.15, -0.1) is 11.3 Å². The second kappa shape index (κ2) is 15.3. The Morgan fingerprint density at radius 3 is 1.67 bits per heavy atom. The lowest BCUT2D eigenvalue weighted by atomic mass is 9.98. The number of rotatable bonds is 8. The highest BCUT2D eigenvalue weighted by molar-refractivity contribution is 7.25. The number of para-hydroxylation sites is 3. The molecule has 2 aromatic heterocycles. The molecule has 0 fully saturated rings. The summed E-state index contributed by atoms with van der Waals surface area (Å²) in [6.07, 6.45) is 0. The molecule has 11 rings (SSSR count). The highest BCUT2D eigenvalue weighted by atomic mass is 32.1. The predicted octanol–water partition coefficient (Wildman–Crippen LogP) is 15.8. The molecule has 60 heavy (non-hydrogen) atoms. The SMILES string of the molecule is [2H]c1cc(N(c2c([2H])c([2H])c([2H])c([2H])c2[2H])c2c([2H])c([2H])c(-c3c([2H])c([2H])c([2H])c([2H])c3[2H])c([2H])c2[2H])c([2H])c([2H])c1-c1ccc2sc3cc(-c4nc5ccccc5nc4-c4cccc(-c5ccccc5)c4)ccc3c2c1. The van der Waals surface area contributed by atoms with Gasteiger partial charge in [0.1, 0.15) is 0 Å². The molecule has 282 valence electrons. The summed E-state index contributed by atoms with van der Waals surface area (Å²) in [5, 5.41) is 1.65. The summed E-state index contributed by atoms with van der Waals surface area (Å²) in [6, 6.07) is 24.9. The Hall–Kier alpha value is -7.66. The van der Waals surface area contributed by atoms with Crippen molar-refractivity contribution < 1.29 is 23.3 Å². The number of thiophene rings is 1. The molecule has 0 aliphatic rings. The summed E-state index contributed by atoms with van der Waals surface area (Å²) in [7, 11) is 0. The summed E-state index contributed by atoms with van der Waals surface area (Å²) >= 11 is 1.53. The van der Waals surface area contributed by atoms with Crippen molar-refractivity contribution in [2.24, 2.45) is 0 Å². The van der Waals surface area contributed by atoms with Gasteiger partial charge in [-0.3, -0.25) is 0 Å². The third kappa shape index (κ3) is 6.69. The van der Waals surface area contributed by atoms with Crippen molar-refractivity contribution in [1.29, 1.82) is 0 Å². The maximum absolute atomic E-state index is 9.51. The first-order chi connectivity index (χ1) is 36.8. The summed E-state index contributed by atoms with van der Waals surface area (Å²) < 4.78 is 152. The van der Waals surface area contributed by atoms with Gasteiger partial charge in [0.2, 0.25) is 0 Å². The van der Waals surface area contributed by atoms with Crippen LogP contribution in [0, 0.1) is 0 Å². The van der Waals surface area contributed by atoms with E-state index in [9.17, 15) is 6.85 Å². The summed E-state index contributed by atoms with van der Waals surface area (Å²) in [6.45, 7) is 0. The van der Waals surface area contributed by atoms with E-state index in [0.29, 0.717) is 17.0 Å². The lowest BCUT2D eigenvalue weighted by molar-refractivity contribution is 1.28. The number of hydrogen-bond donors (Lipinski definition) is 0. The molecule has 0 atom stereocenters. The smallest absolute Gasteiger partial charge is 0.0973 e.